The number of aromatic nitrogens is 2. The van der Waals surface area contributed by atoms with Crippen LogP contribution in [0.1, 0.15) is 5.56 Å². The van der Waals surface area contributed by atoms with E-state index in [1.165, 1.54) is 36.2 Å². The Morgan fingerprint density at radius 3 is 2.77 bits per heavy atom. The normalized spacial score (nSPS) is 11.4. The van der Waals surface area contributed by atoms with E-state index in [0.717, 1.165) is 5.56 Å². The van der Waals surface area contributed by atoms with Crippen LogP contribution in [0.5, 0.6) is 5.75 Å². The first kappa shape index (κ1) is 16.2. The molecule has 22 heavy (non-hydrogen) atoms. The van der Waals surface area contributed by atoms with Gasteiger partial charge in [0.15, 0.2) is 0 Å². The molecule has 7 nitrogen and oxygen atoms in total. The maximum absolute atomic E-state index is 12.3. The first-order valence-corrected chi connectivity index (χ1v) is 8.09. The fraction of sp³-hybridized carbons (Fsp3) is 0.286. The van der Waals surface area contributed by atoms with Crippen LogP contribution in [0.25, 0.3) is 0 Å². The largest absolute Gasteiger partial charge is 0.495 e. The lowest BCUT2D eigenvalue weighted by molar-refractivity contribution is 0.402. The van der Waals surface area contributed by atoms with Gasteiger partial charge in [-0.15, -0.1) is 0 Å². The van der Waals surface area contributed by atoms with Crippen LogP contribution in [0.4, 0.5) is 0 Å². The molecule has 8 heteroatoms. The Bertz CT molecular complexity index is 815. The minimum absolute atomic E-state index is 0.0519. The van der Waals surface area contributed by atoms with Crippen molar-refractivity contribution in [3.8, 4) is 5.75 Å². The molecule has 1 heterocycles. The summed E-state index contributed by atoms with van der Waals surface area (Å²) in [6.07, 6.45) is 1.47. The fourth-order valence-electron chi connectivity index (χ4n) is 1.91. The van der Waals surface area contributed by atoms with Gasteiger partial charge >= 0.3 is 0 Å². The molecule has 1 aromatic carbocycles. The number of benzene rings is 1. The zero-order valence-corrected chi connectivity index (χ0v) is 13.1. The van der Waals surface area contributed by atoms with Crippen molar-refractivity contribution in [3.05, 3.63) is 52.4 Å². The zero-order chi connectivity index (χ0) is 16.2. The molecule has 0 aliphatic carbocycles. The van der Waals surface area contributed by atoms with Crippen LogP contribution in [-0.4, -0.2) is 31.9 Å². The van der Waals surface area contributed by atoms with Gasteiger partial charge in [-0.25, -0.2) is 17.8 Å². The predicted molar refractivity (Wildman–Crippen MR) is 81.4 cm³/mol. The molecular formula is C14H17N3O4S. The molecule has 2 rings (SSSR count). The highest BCUT2D eigenvalue weighted by Gasteiger charge is 2.19. The van der Waals surface area contributed by atoms with E-state index in [9.17, 15) is 13.2 Å². The summed E-state index contributed by atoms with van der Waals surface area (Å²) in [5.41, 5.74) is 0.525. The van der Waals surface area contributed by atoms with Crippen molar-refractivity contribution in [2.75, 3.05) is 13.7 Å². The van der Waals surface area contributed by atoms with Crippen molar-refractivity contribution in [2.45, 2.75) is 18.4 Å². The molecule has 0 radical (unpaired) electrons. The number of aryl methyl sites for hydroxylation is 1. The average Bonchev–Trinajstić information content (AvgIpc) is 2.49. The molecule has 0 spiro atoms. The van der Waals surface area contributed by atoms with Crippen LogP contribution >= 0.6 is 0 Å². The summed E-state index contributed by atoms with van der Waals surface area (Å²) < 4.78 is 33.4. The van der Waals surface area contributed by atoms with Crippen LogP contribution in [0.15, 0.2) is 46.2 Å². The molecule has 0 amide bonds. The number of nitrogens with zero attached hydrogens (tertiary/aromatic N) is 2. The number of rotatable bonds is 6. The molecule has 0 aliphatic rings. The zero-order valence-electron chi connectivity index (χ0n) is 12.3. The molecule has 2 aromatic rings. The molecular weight excluding hydrogens is 306 g/mol. The second-order valence-electron chi connectivity index (χ2n) is 4.64. The van der Waals surface area contributed by atoms with Crippen LogP contribution in [0.3, 0.4) is 0 Å². The number of ether oxygens (including phenoxy) is 1. The summed E-state index contributed by atoms with van der Waals surface area (Å²) in [6.45, 7) is 2.00. The summed E-state index contributed by atoms with van der Waals surface area (Å²) in [6, 6.07) is 7.80. The Hall–Kier alpha value is -2.19. The maximum Gasteiger partial charge on any atom is 0.266 e. The highest BCUT2D eigenvalue weighted by Crippen LogP contribution is 2.24. The van der Waals surface area contributed by atoms with Crippen molar-refractivity contribution in [1.82, 2.24) is 14.5 Å². The number of hydrogen-bond donors (Lipinski definition) is 1. The van der Waals surface area contributed by atoms with E-state index in [1.54, 1.807) is 19.1 Å². The Labute approximate surface area is 128 Å². The van der Waals surface area contributed by atoms with Gasteiger partial charge in [0, 0.05) is 18.8 Å². The third kappa shape index (κ3) is 3.71. The van der Waals surface area contributed by atoms with E-state index < -0.39 is 10.0 Å². The van der Waals surface area contributed by atoms with Gasteiger partial charge in [0.25, 0.3) is 5.56 Å². The molecule has 0 bridgehead atoms. The van der Waals surface area contributed by atoms with Gasteiger partial charge in [0.05, 0.1) is 13.7 Å². The van der Waals surface area contributed by atoms with Crippen molar-refractivity contribution in [2.24, 2.45) is 0 Å². The Morgan fingerprint density at radius 1 is 1.32 bits per heavy atom. The van der Waals surface area contributed by atoms with Crippen LogP contribution in [0, 0.1) is 6.92 Å². The van der Waals surface area contributed by atoms with Gasteiger partial charge < -0.3 is 4.74 Å². The molecule has 1 N–H and O–H groups in total. The van der Waals surface area contributed by atoms with E-state index in [-0.39, 0.29) is 29.3 Å². The van der Waals surface area contributed by atoms with Crippen LogP contribution in [0.2, 0.25) is 0 Å². The summed E-state index contributed by atoms with van der Waals surface area (Å²) >= 11 is 0. The molecule has 0 saturated heterocycles. The molecule has 0 atom stereocenters. The first-order chi connectivity index (χ1) is 10.4. The average molecular weight is 323 g/mol. The number of methoxy groups -OCH3 is 1. The predicted octanol–water partition coefficient (Wildman–Crippen LogP) is 0.539. The standard InChI is InChI=1S/C14H17N3O4S/c1-11-5-6-12(21-2)13(10-11)22(19,20)16-8-9-17-14(18)4-3-7-15-17/h3-7,10,16H,8-9H2,1-2H3. The van der Waals surface area contributed by atoms with Gasteiger partial charge in [-0.05, 0) is 30.7 Å². The third-order valence-electron chi connectivity index (χ3n) is 3.01. The van der Waals surface area contributed by atoms with Crippen molar-refractivity contribution < 1.29 is 13.2 Å². The summed E-state index contributed by atoms with van der Waals surface area (Å²) in [7, 11) is -2.31. The van der Waals surface area contributed by atoms with Gasteiger partial charge in [-0.1, -0.05) is 6.07 Å². The van der Waals surface area contributed by atoms with Crippen molar-refractivity contribution >= 4 is 10.0 Å². The van der Waals surface area contributed by atoms with E-state index in [2.05, 4.69) is 9.82 Å². The highest BCUT2D eigenvalue weighted by molar-refractivity contribution is 7.89. The summed E-state index contributed by atoms with van der Waals surface area (Å²) in [4.78, 5) is 11.6. The van der Waals surface area contributed by atoms with E-state index in [4.69, 9.17) is 4.74 Å². The van der Waals surface area contributed by atoms with Gasteiger partial charge in [-0.2, -0.15) is 5.10 Å². The maximum atomic E-state index is 12.3. The van der Waals surface area contributed by atoms with Gasteiger partial charge in [0.2, 0.25) is 10.0 Å². The monoisotopic (exact) mass is 323 g/mol. The first-order valence-electron chi connectivity index (χ1n) is 6.60. The highest BCUT2D eigenvalue weighted by atomic mass is 32.2. The van der Waals surface area contributed by atoms with Crippen LogP contribution < -0.4 is 15.0 Å². The summed E-state index contributed by atoms with van der Waals surface area (Å²) in [5.74, 6) is 0.271. The van der Waals surface area contributed by atoms with E-state index in [1.807, 2.05) is 0 Å². The molecule has 118 valence electrons. The second kappa shape index (κ2) is 6.71. The lowest BCUT2D eigenvalue weighted by atomic mass is 10.2. The fourth-order valence-corrected chi connectivity index (χ4v) is 3.19. The number of hydrogen-bond acceptors (Lipinski definition) is 5. The minimum Gasteiger partial charge on any atom is -0.495 e. The minimum atomic E-state index is -3.73. The number of nitrogens with one attached hydrogen (secondary N) is 1. The van der Waals surface area contributed by atoms with E-state index >= 15 is 0 Å². The lowest BCUT2D eigenvalue weighted by Crippen LogP contribution is -2.31. The molecule has 0 unspecified atom stereocenters. The Morgan fingerprint density at radius 2 is 2.09 bits per heavy atom. The van der Waals surface area contributed by atoms with Gasteiger partial charge in [-0.3, -0.25) is 4.79 Å². The van der Waals surface area contributed by atoms with Crippen LogP contribution in [-0.2, 0) is 16.6 Å². The van der Waals surface area contributed by atoms with E-state index in [0.29, 0.717) is 0 Å². The SMILES string of the molecule is COc1ccc(C)cc1S(=O)(=O)NCCn1ncccc1=O. The quantitative estimate of drug-likeness (QED) is 0.838. The second-order valence-corrected chi connectivity index (χ2v) is 6.37. The molecule has 1 aromatic heterocycles. The lowest BCUT2D eigenvalue weighted by Gasteiger charge is -2.11. The summed E-state index contributed by atoms with van der Waals surface area (Å²) in [5, 5.41) is 3.86. The smallest absolute Gasteiger partial charge is 0.266 e. The molecule has 0 saturated carbocycles. The molecule has 0 fully saturated rings. The number of sulfonamides is 1. The molecule has 0 aliphatic heterocycles. The van der Waals surface area contributed by atoms with Crippen molar-refractivity contribution in [3.63, 3.8) is 0 Å². The third-order valence-corrected chi connectivity index (χ3v) is 4.49. The van der Waals surface area contributed by atoms with Gasteiger partial charge in [0.1, 0.15) is 10.6 Å². The Kier molecular flexibility index (Phi) is 4.94. The topological polar surface area (TPSA) is 90.3 Å². The Balaban J connectivity index is 2.14. The van der Waals surface area contributed by atoms with Crippen molar-refractivity contribution in [1.29, 1.82) is 0 Å².